The average molecular weight is 281 g/mol. The molecule has 1 nitrogen and oxygen atoms in total. The van der Waals surface area contributed by atoms with Crippen LogP contribution < -0.4 is 5.32 Å². The molecule has 1 heteroatoms. The van der Waals surface area contributed by atoms with Crippen LogP contribution in [0.2, 0.25) is 0 Å². The molecule has 0 radical (unpaired) electrons. The van der Waals surface area contributed by atoms with Crippen molar-refractivity contribution < 1.29 is 0 Å². The molecule has 0 fully saturated rings. The van der Waals surface area contributed by atoms with Gasteiger partial charge in [-0.15, -0.1) is 0 Å². The van der Waals surface area contributed by atoms with Crippen molar-refractivity contribution in [1.82, 2.24) is 5.32 Å². The zero-order valence-corrected chi connectivity index (χ0v) is 13.5. The summed E-state index contributed by atoms with van der Waals surface area (Å²) in [7, 11) is 0. The van der Waals surface area contributed by atoms with Crippen LogP contribution in [-0.4, -0.2) is 6.54 Å². The van der Waals surface area contributed by atoms with E-state index in [0.717, 1.165) is 19.4 Å². The summed E-state index contributed by atoms with van der Waals surface area (Å²) in [6.07, 6.45) is 3.39. The standard InChI is InChI=1S/C20H27N/c1-4-14-21-20(6-3)19-9-7-8-18(15-19)17-12-10-16(5-2)11-13-17/h7-13,15,20-21H,4-6,14H2,1-3H3. The molecule has 0 heterocycles. The largest absolute Gasteiger partial charge is 0.310 e. The molecule has 112 valence electrons. The summed E-state index contributed by atoms with van der Waals surface area (Å²) in [5.74, 6) is 0. The summed E-state index contributed by atoms with van der Waals surface area (Å²) in [6, 6.07) is 18.3. The van der Waals surface area contributed by atoms with Gasteiger partial charge in [0.1, 0.15) is 0 Å². The maximum Gasteiger partial charge on any atom is 0.0317 e. The van der Waals surface area contributed by atoms with E-state index in [-0.39, 0.29) is 0 Å². The Labute approximate surface area is 129 Å². The first-order valence-corrected chi connectivity index (χ1v) is 8.21. The van der Waals surface area contributed by atoms with Crippen LogP contribution >= 0.6 is 0 Å². The second-order valence-electron chi connectivity index (χ2n) is 5.59. The second-order valence-corrected chi connectivity index (χ2v) is 5.59. The zero-order valence-electron chi connectivity index (χ0n) is 13.5. The van der Waals surface area contributed by atoms with E-state index in [9.17, 15) is 0 Å². The molecule has 2 aromatic rings. The van der Waals surface area contributed by atoms with Gasteiger partial charge in [-0.3, -0.25) is 0 Å². The number of hydrogen-bond donors (Lipinski definition) is 1. The fourth-order valence-electron chi connectivity index (χ4n) is 2.68. The average Bonchev–Trinajstić information content (AvgIpc) is 2.56. The molecule has 0 aliphatic heterocycles. The first kappa shape index (κ1) is 15.8. The van der Waals surface area contributed by atoms with Crippen molar-refractivity contribution in [2.75, 3.05) is 6.54 Å². The van der Waals surface area contributed by atoms with Gasteiger partial charge in [-0.25, -0.2) is 0 Å². The molecule has 1 N–H and O–H groups in total. The first-order chi connectivity index (χ1) is 10.3. The van der Waals surface area contributed by atoms with Crippen LogP contribution in [0.5, 0.6) is 0 Å². The van der Waals surface area contributed by atoms with E-state index in [4.69, 9.17) is 0 Å². The van der Waals surface area contributed by atoms with Crippen molar-refractivity contribution in [3.05, 3.63) is 59.7 Å². The van der Waals surface area contributed by atoms with Gasteiger partial charge in [-0.1, -0.05) is 63.2 Å². The molecule has 0 spiro atoms. The molecule has 0 aliphatic rings. The lowest BCUT2D eigenvalue weighted by atomic mass is 9.97. The quantitative estimate of drug-likeness (QED) is 0.719. The minimum atomic E-state index is 0.458. The van der Waals surface area contributed by atoms with Crippen LogP contribution in [0, 0.1) is 0 Å². The predicted molar refractivity (Wildman–Crippen MR) is 92.6 cm³/mol. The van der Waals surface area contributed by atoms with Gasteiger partial charge in [0.2, 0.25) is 0 Å². The van der Waals surface area contributed by atoms with Gasteiger partial charge in [0, 0.05) is 6.04 Å². The monoisotopic (exact) mass is 281 g/mol. The first-order valence-electron chi connectivity index (χ1n) is 8.21. The van der Waals surface area contributed by atoms with E-state index >= 15 is 0 Å². The third-order valence-electron chi connectivity index (χ3n) is 4.03. The predicted octanol–water partition coefficient (Wildman–Crippen LogP) is 5.37. The van der Waals surface area contributed by atoms with Crippen molar-refractivity contribution in [2.45, 2.75) is 46.1 Å². The second kappa shape index (κ2) is 7.99. The summed E-state index contributed by atoms with van der Waals surface area (Å²) < 4.78 is 0. The van der Waals surface area contributed by atoms with Gasteiger partial charge in [0.25, 0.3) is 0 Å². The number of aryl methyl sites for hydroxylation is 1. The molecule has 0 amide bonds. The Balaban J connectivity index is 2.23. The normalized spacial score (nSPS) is 12.3. The molecule has 1 unspecified atom stereocenters. The highest BCUT2D eigenvalue weighted by atomic mass is 14.9. The summed E-state index contributed by atoms with van der Waals surface area (Å²) in [5, 5.41) is 3.63. The summed E-state index contributed by atoms with van der Waals surface area (Å²) in [6.45, 7) is 7.73. The van der Waals surface area contributed by atoms with Gasteiger partial charge >= 0.3 is 0 Å². The Morgan fingerprint density at radius 1 is 0.905 bits per heavy atom. The number of nitrogens with one attached hydrogen (secondary N) is 1. The minimum absolute atomic E-state index is 0.458. The lowest BCUT2D eigenvalue weighted by molar-refractivity contribution is 0.518. The molecule has 21 heavy (non-hydrogen) atoms. The highest BCUT2D eigenvalue weighted by Crippen LogP contribution is 2.25. The van der Waals surface area contributed by atoms with Crippen LogP contribution in [-0.2, 0) is 6.42 Å². The van der Waals surface area contributed by atoms with Crippen molar-refractivity contribution in [2.24, 2.45) is 0 Å². The molecule has 0 saturated carbocycles. The summed E-state index contributed by atoms with van der Waals surface area (Å²) >= 11 is 0. The maximum absolute atomic E-state index is 3.63. The topological polar surface area (TPSA) is 12.0 Å². The zero-order chi connectivity index (χ0) is 15.1. The van der Waals surface area contributed by atoms with E-state index in [1.54, 1.807) is 0 Å². The van der Waals surface area contributed by atoms with E-state index in [1.165, 1.54) is 28.7 Å². The van der Waals surface area contributed by atoms with Crippen molar-refractivity contribution >= 4 is 0 Å². The SMILES string of the molecule is CCCNC(CC)c1cccc(-c2ccc(CC)cc2)c1. The van der Waals surface area contributed by atoms with E-state index in [1.807, 2.05) is 0 Å². The Kier molecular flexibility index (Phi) is 6.01. The van der Waals surface area contributed by atoms with Crippen LogP contribution in [0.15, 0.2) is 48.5 Å². The Morgan fingerprint density at radius 2 is 1.67 bits per heavy atom. The van der Waals surface area contributed by atoms with Crippen LogP contribution in [0.1, 0.15) is 50.8 Å². The lowest BCUT2D eigenvalue weighted by Gasteiger charge is -2.18. The number of rotatable bonds is 7. The van der Waals surface area contributed by atoms with E-state index in [2.05, 4.69) is 74.6 Å². The van der Waals surface area contributed by atoms with Crippen LogP contribution in [0.3, 0.4) is 0 Å². The van der Waals surface area contributed by atoms with Gasteiger partial charge in [-0.2, -0.15) is 0 Å². The molecule has 0 saturated heterocycles. The smallest absolute Gasteiger partial charge is 0.0317 e. The Hall–Kier alpha value is -1.60. The lowest BCUT2D eigenvalue weighted by Crippen LogP contribution is -2.21. The molecular weight excluding hydrogens is 254 g/mol. The molecule has 1 atom stereocenters. The molecule has 0 aliphatic carbocycles. The van der Waals surface area contributed by atoms with Crippen molar-refractivity contribution in [3.8, 4) is 11.1 Å². The van der Waals surface area contributed by atoms with E-state index in [0.29, 0.717) is 6.04 Å². The number of benzene rings is 2. The third kappa shape index (κ3) is 4.18. The Morgan fingerprint density at radius 3 is 2.29 bits per heavy atom. The molecule has 2 aromatic carbocycles. The number of hydrogen-bond acceptors (Lipinski definition) is 1. The summed E-state index contributed by atoms with van der Waals surface area (Å²) in [4.78, 5) is 0. The van der Waals surface area contributed by atoms with Gasteiger partial charge < -0.3 is 5.32 Å². The molecule has 0 aromatic heterocycles. The maximum atomic E-state index is 3.63. The molecule has 0 bridgehead atoms. The third-order valence-corrected chi connectivity index (χ3v) is 4.03. The van der Waals surface area contributed by atoms with Crippen LogP contribution in [0.4, 0.5) is 0 Å². The van der Waals surface area contributed by atoms with Gasteiger partial charge in [-0.05, 0) is 54.1 Å². The highest BCUT2D eigenvalue weighted by molar-refractivity contribution is 5.64. The van der Waals surface area contributed by atoms with Crippen molar-refractivity contribution in [1.29, 1.82) is 0 Å². The van der Waals surface area contributed by atoms with E-state index < -0.39 is 0 Å². The van der Waals surface area contributed by atoms with Crippen molar-refractivity contribution in [3.63, 3.8) is 0 Å². The molecular formula is C20H27N. The van der Waals surface area contributed by atoms with Crippen LogP contribution in [0.25, 0.3) is 11.1 Å². The van der Waals surface area contributed by atoms with Gasteiger partial charge in [0.15, 0.2) is 0 Å². The summed E-state index contributed by atoms with van der Waals surface area (Å²) in [5.41, 5.74) is 5.40. The fourth-order valence-corrected chi connectivity index (χ4v) is 2.68. The Bertz CT molecular complexity index is 542. The molecule has 2 rings (SSSR count). The minimum Gasteiger partial charge on any atom is -0.310 e. The highest BCUT2D eigenvalue weighted by Gasteiger charge is 2.09. The fraction of sp³-hybridized carbons (Fsp3) is 0.400. The van der Waals surface area contributed by atoms with Gasteiger partial charge in [0.05, 0.1) is 0 Å².